The van der Waals surface area contributed by atoms with Gasteiger partial charge in [0, 0.05) is 24.7 Å². The highest BCUT2D eigenvalue weighted by molar-refractivity contribution is 5.54. The van der Waals surface area contributed by atoms with Crippen LogP contribution in [0.5, 0.6) is 0 Å². The van der Waals surface area contributed by atoms with E-state index in [0.29, 0.717) is 0 Å². The van der Waals surface area contributed by atoms with Crippen LogP contribution in [0.1, 0.15) is 76.0 Å². The number of rotatable bonds is 3. The molecule has 138 valence electrons. The first-order valence-corrected chi connectivity index (χ1v) is 10.3. The fourth-order valence-electron chi connectivity index (χ4n) is 4.78. The van der Waals surface area contributed by atoms with Crippen LogP contribution in [0.15, 0.2) is 0 Å². The van der Waals surface area contributed by atoms with Crippen molar-refractivity contribution in [2.24, 2.45) is 5.73 Å². The number of hydrogen-bond donors (Lipinski definition) is 2. The molecule has 1 aromatic rings. The van der Waals surface area contributed by atoms with Crippen molar-refractivity contribution in [3.63, 3.8) is 0 Å². The molecule has 0 aromatic carbocycles. The van der Waals surface area contributed by atoms with Gasteiger partial charge in [0.25, 0.3) is 0 Å². The Morgan fingerprint density at radius 2 is 1.76 bits per heavy atom. The van der Waals surface area contributed by atoms with Gasteiger partial charge in [0.1, 0.15) is 5.82 Å². The van der Waals surface area contributed by atoms with Gasteiger partial charge < -0.3 is 16.0 Å². The molecule has 1 saturated carbocycles. The van der Waals surface area contributed by atoms with E-state index in [9.17, 15) is 0 Å². The van der Waals surface area contributed by atoms with Gasteiger partial charge in [-0.1, -0.05) is 12.8 Å². The summed E-state index contributed by atoms with van der Waals surface area (Å²) in [6.07, 6.45) is 13.4. The van der Waals surface area contributed by atoms with Crippen LogP contribution in [0.25, 0.3) is 0 Å². The third-order valence-corrected chi connectivity index (χ3v) is 6.49. The Morgan fingerprint density at radius 1 is 1.00 bits per heavy atom. The number of anilines is 2. The second-order valence-corrected chi connectivity index (χ2v) is 8.45. The van der Waals surface area contributed by atoms with Crippen LogP contribution in [-0.4, -0.2) is 34.6 Å². The summed E-state index contributed by atoms with van der Waals surface area (Å²) in [5.74, 6) is 2.02. The number of aromatic nitrogens is 2. The van der Waals surface area contributed by atoms with Crippen molar-refractivity contribution < 1.29 is 0 Å². The lowest BCUT2D eigenvalue weighted by Crippen LogP contribution is -2.47. The Balaban J connectivity index is 1.67. The van der Waals surface area contributed by atoms with Gasteiger partial charge in [0.2, 0.25) is 5.95 Å². The molecule has 5 heteroatoms. The number of nitrogens with one attached hydrogen (secondary N) is 1. The van der Waals surface area contributed by atoms with Gasteiger partial charge in [-0.2, -0.15) is 4.98 Å². The second kappa shape index (κ2) is 7.10. The van der Waals surface area contributed by atoms with Crippen molar-refractivity contribution in [3.05, 3.63) is 11.3 Å². The molecule has 2 fully saturated rings. The molecular formula is C20H33N5. The zero-order chi connectivity index (χ0) is 17.3. The van der Waals surface area contributed by atoms with Gasteiger partial charge in [-0.3, -0.25) is 0 Å². The molecule has 0 radical (unpaired) electrons. The standard InChI is InChI=1S/C20H33N5/c1-20(12-8-11-17(20)21)24-19-22-16-10-5-4-9-15(16)18(23-19)25-13-6-2-3-7-14-25/h17H,2-14,21H2,1H3,(H,22,23,24). The van der Waals surface area contributed by atoms with E-state index in [2.05, 4.69) is 17.1 Å². The van der Waals surface area contributed by atoms with Crippen LogP contribution in [0.2, 0.25) is 0 Å². The fourth-order valence-corrected chi connectivity index (χ4v) is 4.78. The lowest BCUT2D eigenvalue weighted by atomic mass is 9.95. The van der Waals surface area contributed by atoms with Gasteiger partial charge in [-0.25, -0.2) is 4.98 Å². The first-order valence-electron chi connectivity index (χ1n) is 10.3. The summed E-state index contributed by atoms with van der Waals surface area (Å²) in [6, 6.07) is 0.189. The second-order valence-electron chi connectivity index (χ2n) is 8.45. The van der Waals surface area contributed by atoms with E-state index in [1.165, 1.54) is 62.0 Å². The molecule has 2 aliphatic carbocycles. The predicted octanol–water partition coefficient (Wildman–Crippen LogP) is 3.42. The van der Waals surface area contributed by atoms with Crippen molar-refractivity contribution in [2.45, 2.75) is 89.1 Å². The Hall–Kier alpha value is -1.36. The first-order chi connectivity index (χ1) is 12.2. The maximum atomic E-state index is 6.37. The lowest BCUT2D eigenvalue weighted by Gasteiger charge is -2.32. The zero-order valence-corrected chi connectivity index (χ0v) is 15.7. The summed E-state index contributed by atoms with van der Waals surface area (Å²) in [5, 5.41) is 3.64. The monoisotopic (exact) mass is 343 g/mol. The summed E-state index contributed by atoms with van der Waals surface area (Å²) in [7, 11) is 0. The quantitative estimate of drug-likeness (QED) is 0.880. The van der Waals surface area contributed by atoms with E-state index in [0.717, 1.165) is 44.7 Å². The van der Waals surface area contributed by atoms with Gasteiger partial charge in [0.15, 0.2) is 0 Å². The average molecular weight is 344 g/mol. The van der Waals surface area contributed by atoms with E-state index >= 15 is 0 Å². The Labute approximate surface area is 151 Å². The van der Waals surface area contributed by atoms with Crippen molar-refractivity contribution >= 4 is 11.8 Å². The Morgan fingerprint density at radius 3 is 2.48 bits per heavy atom. The van der Waals surface area contributed by atoms with Crippen LogP contribution >= 0.6 is 0 Å². The van der Waals surface area contributed by atoms with Crippen LogP contribution in [0, 0.1) is 0 Å². The maximum absolute atomic E-state index is 6.37. The highest BCUT2D eigenvalue weighted by Crippen LogP contribution is 2.34. The molecule has 2 atom stereocenters. The summed E-state index contributed by atoms with van der Waals surface area (Å²) in [5.41, 5.74) is 8.99. The van der Waals surface area contributed by atoms with Crippen LogP contribution in [-0.2, 0) is 12.8 Å². The molecule has 1 aliphatic heterocycles. The molecule has 4 rings (SSSR count). The molecule has 0 amide bonds. The minimum absolute atomic E-state index is 0.0705. The molecule has 1 saturated heterocycles. The summed E-state index contributed by atoms with van der Waals surface area (Å²) in [6.45, 7) is 4.51. The van der Waals surface area contributed by atoms with Crippen LogP contribution in [0.3, 0.4) is 0 Å². The molecule has 1 aromatic heterocycles. The first kappa shape index (κ1) is 17.1. The molecule has 0 bridgehead atoms. The third kappa shape index (κ3) is 3.48. The zero-order valence-electron chi connectivity index (χ0n) is 15.7. The molecule has 2 heterocycles. The van der Waals surface area contributed by atoms with Gasteiger partial charge in [-0.05, 0) is 64.7 Å². The normalized spacial score (nSPS) is 30.0. The summed E-state index contributed by atoms with van der Waals surface area (Å²) < 4.78 is 0. The molecule has 2 unspecified atom stereocenters. The lowest BCUT2D eigenvalue weighted by molar-refractivity contribution is 0.463. The summed E-state index contributed by atoms with van der Waals surface area (Å²) >= 11 is 0. The van der Waals surface area contributed by atoms with E-state index in [1.807, 2.05) is 0 Å². The predicted molar refractivity (Wildman–Crippen MR) is 103 cm³/mol. The average Bonchev–Trinajstić information content (AvgIpc) is 2.82. The molecular weight excluding hydrogens is 310 g/mol. The number of fused-ring (bicyclic) bond motifs is 1. The summed E-state index contributed by atoms with van der Waals surface area (Å²) in [4.78, 5) is 12.5. The fraction of sp³-hybridized carbons (Fsp3) is 0.800. The maximum Gasteiger partial charge on any atom is 0.225 e. The van der Waals surface area contributed by atoms with E-state index in [4.69, 9.17) is 15.7 Å². The molecule has 3 N–H and O–H groups in total. The number of hydrogen-bond acceptors (Lipinski definition) is 5. The van der Waals surface area contributed by atoms with Crippen LogP contribution < -0.4 is 16.0 Å². The van der Waals surface area contributed by atoms with E-state index < -0.39 is 0 Å². The van der Waals surface area contributed by atoms with E-state index in [-0.39, 0.29) is 11.6 Å². The minimum Gasteiger partial charge on any atom is -0.356 e. The topological polar surface area (TPSA) is 67.1 Å². The third-order valence-electron chi connectivity index (χ3n) is 6.49. The van der Waals surface area contributed by atoms with Gasteiger partial charge in [-0.15, -0.1) is 0 Å². The van der Waals surface area contributed by atoms with E-state index in [1.54, 1.807) is 0 Å². The molecule has 0 spiro atoms. The van der Waals surface area contributed by atoms with Gasteiger partial charge >= 0.3 is 0 Å². The molecule has 3 aliphatic rings. The minimum atomic E-state index is -0.0705. The number of aryl methyl sites for hydroxylation is 1. The Kier molecular flexibility index (Phi) is 4.85. The Bertz CT molecular complexity index is 608. The molecule has 5 nitrogen and oxygen atoms in total. The van der Waals surface area contributed by atoms with Gasteiger partial charge in [0.05, 0.1) is 11.2 Å². The highest BCUT2D eigenvalue weighted by atomic mass is 15.2. The SMILES string of the molecule is CC1(Nc2nc3c(c(N4CCCCCC4)n2)CCCC3)CCCC1N. The van der Waals surface area contributed by atoms with Crippen LogP contribution in [0.4, 0.5) is 11.8 Å². The smallest absolute Gasteiger partial charge is 0.225 e. The largest absolute Gasteiger partial charge is 0.356 e. The molecule has 25 heavy (non-hydrogen) atoms. The van der Waals surface area contributed by atoms with Crippen molar-refractivity contribution in [1.29, 1.82) is 0 Å². The van der Waals surface area contributed by atoms with Crippen molar-refractivity contribution in [1.82, 2.24) is 9.97 Å². The number of nitrogens with zero attached hydrogens (tertiary/aromatic N) is 3. The number of nitrogens with two attached hydrogens (primary N) is 1. The highest BCUT2D eigenvalue weighted by Gasteiger charge is 2.37. The van der Waals surface area contributed by atoms with Crippen molar-refractivity contribution in [2.75, 3.05) is 23.3 Å². The van der Waals surface area contributed by atoms with Crippen molar-refractivity contribution in [3.8, 4) is 0 Å².